The quantitative estimate of drug-likeness (QED) is 0.186. The molecule has 1 aliphatic rings. The van der Waals surface area contributed by atoms with E-state index >= 15 is 0 Å². The van der Waals surface area contributed by atoms with Crippen LogP contribution in [-0.2, 0) is 11.8 Å². The van der Waals surface area contributed by atoms with Crippen molar-refractivity contribution in [3.8, 4) is 11.3 Å². The Kier molecular flexibility index (Phi) is 8.10. The maximum atomic E-state index is 14.4. The van der Waals surface area contributed by atoms with Crippen molar-refractivity contribution in [2.24, 2.45) is 13.0 Å². The van der Waals surface area contributed by atoms with Crippen molar-refractivity contribution in [2.75, 3.05) is 0 Å². The van der Waals surface area contributed by atoms with Crippen LogP contribution in [0.3, 0.4) is 0 Å². The molecular weight excluding hydrogens is 616 g/mol. The summed E-state index contributed by atoms with van der Waals surface area (Å²) < 4.78 is 3.01. The molecule has 4 aromatic carbocycles. The molecule has 0 bridgehead atoms. The summed E-state index contributed by atoms with van der Waals surface area (Å²) in [5.41, 5.74) is 11.0. The minimum Gasteiger partial charge on any atom is -0.343 e. The molecule has 222 valence electrons. The number of hydrogen-bond donors (Lipinski definition) is 2. The van der Waals surface area contributed by atoms with Crippen LogP contribution in [-0.4, -0.2) is 33.2 Å². The van der Waals surface area contributed by atoms with Crippen LogP contribution in [0.25, 0.3) is 22.2 Å². The van der Waals surface area contributed by atoms with Crippen LogP contribution >= 0.6 is 15.9 Å². The molecule has 0 fully saturated rings. The number of aryl methyl sites for hydroxylation is 1. The molecule has 0 radical (unpaired) electrons. The molecule has 0 spiro atoms. The van der Waals surface area contributed by atoms with E-state index in [2.05, 4.69) is 55.6 Å². The van der Waals surface area contributed by atoms with Crippen LogP contribution in [0.15, 0.2) is 108 Å². The van der Waals surface area contributed by atoms with E-state index in [1.54, 1.807) is 29.2 Å². The van der Waals surface area contributed by atoms with E-state index in [1.165, 1.54) is 0 Å². The minimum absolute atomic E-state index is 0.211. The number of benzene rings is 4. The van der Waals surface area contributed by atoms with Gasteiger partial charge in [0.05, 0.1) is 11.7 Å². The summed E-state index contributed by atoms with van der Waals surface area (Å²) in [7, 11) is 2.04. The Morgan fingerprint density at radius 1 is 0.864 bits per heavy atom. The Balaban J connectivity index is 1.48. The first kappa shape index (κ1) is 29.4. The lowest BCUT2D eigenvalue weighted by Gasteiger charge is -2.36. The monoisotopic (exact) mass is 648 g/mol. The molecule has 5 aromatic rings. The molecule has 0 saturated carbocycles. The van der Waals surface area contributed by atoms with Crippen molar-refractivity contribution in [1.82, 2.24) is 20.3 Å². The van der Waals surface area contributed by atoms with Crippen LogP contribution < -0.4 is 10.9 Å². The van der Waals surface area contributed by atoms with Crippen LogP contribution in [0.2, 0.25) is 0 Å². The number of nitrogens with zero attached hydrogens (tertiary/aromatic N) is 2. The average Bonchev–Trinajstić information content (AvgIpc) is 3.50. The number of amides is 3. The zero-order valence-corrected chi connectivity index (χ0v) is 26.3. The number of aromatic nitrogens is 1. The summed E-state index contributed by atoms with van der Waals surface area (Å²) in [4.78, 5) is 43.1. The molecule has 1 aromatic heterocycles. The minimum atomic E-state index is -0.863. The fourth-order valence-electron chi connectivity index (χ4n) is 6.31. The van der Waals surface area contributed by atoms with Gasteiger partial charge in [-0.2, -0.15) is 0 Å². The van der Waals surface area contributed by atoms with E-state index in [1.807, 2.05) is 75.5 Å². The Morgan fingerprint density at radius 2 is 1.52 bits per heavy atom. The molecule has 6 rings (SSSR count). The predicted octanol–water partition coefficient (Wildman–Crippen LogP) is 7.03. The summed E-state index contributed by atoms with van der Waals surface area (Å²) in [5, 5.41) is 1.01. The largest absolute Gasteiger partial charge is 0.343 e. The van der Waals surface area contributed by atoms with Crippen LogP contribution in [0, 0.1) is 5.92 Å². The van der Waals surface area contributed by atoms with Gasteiger partial charge in [-0.1, -0.05) is 103 Å². The third-order valence-corrected chi connectivity index (χ3v) is 9.15. The highest BCUT2D eigenvalue weighted by Gasteiger charge is 2.47. The molecule has 2 heterocycles. The Bertz CT molecular complexity index is 1870. The summed E-state index contributed by atoms with van der Waals surface area (Å²) in [5.74, 6) is -1.31. The summed E-state index contributed by atoms with van der Waals surface area (Å²) >= 11 is 3.38. The van der Waals surface area contributed by atoms with Gasteiger partial charge < -0.3 is 9.47 Å². The smallest absolute Gasteiger partial charge is 0.269 e. The van der Waals surface area contributed by atoms with Gasteiger partial charge >= 0.3 is 0 Å². The van der Waals surface area contributed by atoms with Gasteiger partial charge in [-0.25, -0.2) is 0 Å². The lowest BCUT2D eigenvalue weighted by molar-refractivity contribution is -0.128. The van der Waals surface area contributed by atoms with Crippen molar-refractivity contribution >= 4 is 44.6 Å². The number of halogens is 1. The zero-order valence-electron chi connectivity index (χ0n) is 24.8. The maximum Gasteiger partial charge on any atom is 0.269 e. The lowest BCUT2D eigenvalue weighted by Crippen LogP contribution is -2.55. The Hall–Kier alpha value is -4.69. The van der Waals surface area contributed by atoms with Gasteiger partial charge in [0.2, 0.25) is 0 Å². The van der Waals surface area contributed by atoms with Crippen molar-refractivity contribution in [3.05, 3.63) is 130 Å². The van der Waals surface area contributed by atoms with Gasteiger partial charge in [-0.15, -0.1) is 0 Å². The lowest BCUT2D eigenvalue weighted by atomic mass is 9.90. The van der Waals surface area contributed by atoms with E-state index in [0.29, 0.717) is 17.5 Å². The van der Waals surface area contributed by atoms with Gasteiger partial charge in [0.1, 0.15) is 6.04 Å². The first-order chi connectivity index (χ1) is 21.3. The number of nitrogens with one attached hydrogen (secondary N) is 2. The molecular formula is C36H33BrN4O3. The third kappa shape index (κ3) is 5.09. The Labute approximate surface area is 265 Å². The van der Waals surface area contributed by atoms with Crippen LogP contribution in [0.1, 0.15) is 58.2 Å². The SMILES string of the molecule is CCC(C)C(C(=O)NNC(=O)c1ccc(Br)cc1)N1C(=O)c2ccccc2C1c1c(-c2ccccc2)n(C)c2ccccc12. The number of rotatable bonds is 7. The van der Waals surface area contributed by atoms with E-state index in [9.17, 15) is 14.4 Å². The van der Waals surface area contributed by atoms with Gasteiger partial charge in [-0.05, 0) is 53.4 Å². The Morgan fingerprint density at radius 3 is 2.25 bits per heavy atom. The first-order valence-electron chi connectivity index (χ1n) is 14.7. The summed E-state index contributed by atoms with van der Waals surface area (Å²) in [6.07, 6.45) is 0.646. The molecule has 7 nitrogen and oxygen atoms in total. The van der Waals surface area contributed by atoms with Crippen LogP contribution in [0.5, 0.6) is 0 Å². The number of para-hydroxylation sites is 1. The fourth-order valence-corrected chi connectivity index (χ4v) is 6.57. The van der Waals surface area contributed by atoms with E-state index in [0.717, 1.165) is 37.8 Å². The molecule has 0 aliphatic carbocycles. The van der Waals surface area contributed by atoms with E-state index in [-0.39, 0.29) is 11.8 Å². The van der Waals surface area contributed by atoms with Gasteiger partial charge in [0.15, 0.2) is 0 Å². The highest BCUT2D eigenvalue weighted by atomic mass is 79.9. The molecule has 1 aliphatic heterocycles. The molecule has 0 saturated heterocycles. The molecule has 44 heavy (non-hydrogen) atoms. The molecule has 3 unspecified atom stereocenters. The first-order valence-corrected chi connectivity index (χ1v) is 15.5. The standard InChI is InChI=1S/C36H33BrN4O3/c1-4-22(2)31(35(43)39-38-34(42)24-18-20-25(37)21-19-24)41-33(26-14-8-9-15-27(26)36(41)44)30-28-16-10-11-17-29(28)40(3)32(30)23-12-6-5-7-13-23/h5-22,31,33H,4H2,1-3H3,(H,38,42)(H,39,43). The molecule has 8 heteroatoms. The molecule has 3 atom stereocenters. The second kappa shape index (κ2) is 12.1. The maximum absolute atomic E-state index is 14.4. The van der Waals surface area contributed by atoms with Crippen molar-refractivity contribution in [2.45, 2.75) is 32.4 Å². The van der Waals surface area contributed by atoms with E-state index in [4.69, 9.17) is 0 Å². The van der Waals surface area contributed by atoms with Crippen molar-refractivity contribution in [3.63, 3.8) is 0 Å². The molecule has 3 amide bonds. The van der Waals surface area contributed by atoms with Crippen molar-refractivity contribution < 1.29 is 14.4 Å². The average molecular weight is 650 g/mol. The van der Waals surface area contributed by atoms with Gasteiger partial charge in [0.25, 0.3) is 17.7 Å². The zero-order chi connectivity index (χ0) is 31.0. The third-order valence-electron chi connectivity index (χ3n) is 8.62. The van der Waals surface area contributed by atoms with E-state index < -0.39 is 23.9 Å². The summed E-state index contributed by atoms with van der Waals surface area (Å²) in [6.45, 7) is 3.97. The van der Waals surface area contributed by atoms with Gasteiger partial charge in [-0.3, -0.25) is 25.2 Å². The normalized spacial score (nSPS) is 15.6. The topological polar surface area (TPSA) is 83.4 Å². The number of carbonyl (C=O) groups is 3. The van der Waals surface area contributed by atoms with Gasteiger partial charge in [0, 0.05) is 39.1 Å². The highest BCUT2D eigenvalue weighted by Crippen LogP contribution is 2.48. The highest BCUT2D eigenvalue weighted by molar-refractivity contribution is 9.10. The summed E-state index contributed by atoms with van der Waals surface area (Å²) in [6, 6.07) is 31.4. The predicted molar refractivity (Wildman–Crippen MR) is 176 cm³/mol. The van der Waals surface area contributed by atoms with Crippen molar-refractivity contribution in [1.29, 1.82) is 0 Å². The number of hydrogen-bond acceptors (Lipinski definition) is 3. The number of fused-ring (bicyclic) bond motifs is 2. The second-order valence-corrected chi connectivity index (χ2v) is 12.1. The number of hydrazine groups is 1. The number of carbonyl (C=O) groups excluding carboxylic acids is 3. The second-order valence-electron chi connectivity index (χ2n) is 11.2. The fraction of sp³-hybridized carbons (Fsp3) is 0.194. The van der Waals surface area contributed by atoms with Crippen LogP contribution in [0.4, 0.5) is 0 Å². The molecule has 2 N–H and O–H groups in total.